The van der Waals surface area contributed by atoms with Crippen molar-refractivity contribution in [3.63, 3.8) is 0 Å². The smallest absolute Gasteiger partial charge is 0.307 e. The number of hydrogen-bond acceptors (Lipinski definition) is 4. The molecule has 0 heterocycles. The highest BCUT2D eigenvalue weighted by atomic mass is 127. The first-order chi connectivity index (χ1) is 12.3. The van der Waals surface area contributed by atoms with Crippen molar-refractivity contribution in [3.05, 3.63) is 0 Å². The van der Waals surface area contributed by atoms with Crippen LogP contribution in [-0.2, 0) is 19.1 Å². The second kappa shape index (κ2) is 16.9. The van der Waals surface area contributed by atoms with E-state index in [1.54, 1.807) is 0 Å². The molecule has 26 heavy (non-hydrogen) atoms. The highest BCUT2D eigenvalue weighted by Gasteiger charge is 2.21. The Hall–Kier alpha value is 0.980. The zero-order valence-corrected chi connectivity index (χ0v) is 21.4. The molecule has 0 aliphatic rings. The van der Waals surface area contributed by atoms with Crippen LogP contribution in [0.15, 0.2) is 0 Å². The van der Waals surface area contributed by atoms with Crippen molar-refractivity contribution in [2.45, 2.75) is 83.8 Å². The van der Waals surface area contributed by atoms with Gasteiger partial charge in [-0.1, -0.05) is 84.7 Å². The Morgan fingerprint density at radius 1 is 0.808 bits per heavy atom. The Kier molecular flexibility index (Phi) is 17.5. The number of carbonyl (C=O) groups is 2. The Bertz CT molecular complexity index is 363. The third-order valence-corrected chi connectivity index (χ3v) is 8.53. The number of hydrogen-bond donors (Lipinski definition) is 0. The van der Waals surface area contributed by atoms with E-state index in [1.807, 2.05) is 0 Å². The van der Waals surface area contributed by atoms with Gasteiger partial charge in [0.15, 0.2) is 0 Å². The highest BCUT2D eigenvalue weighted by molar-refractivity contribution is 14.1. The van der Waals surface area contributed by atoms with Crippen molar-refractivity contribution in [3.8, 4) is 0 Å². The van der Waals surface area contributed by atoms with Gasteiger partial charge in [-0.05, 0) is 12.8 Å². The fourth-order valence-electron chi connectivity index (χ4n) is 2.16. The van der Waals surface area contributed by atoms with Gasteiger partial charge in [0.2, 0.25) is 0 Å². The fourth-order valence-corrected chi connectivity index (χ4v) is 4.06. The molecule has 4 unspecified atom stereocenters. The predicted octanol–water partition coefficient (Wildman–Crippen LogP) is 6.06. The van der Waals surface area contributed by atoms with Gasteiger partial charge in [-0.15, -0.1) is 23.2 Å². The zero-order chi connectivity index (χ0) is 19.9. The molecule has 0 N–H and O–H groups in total. The normalized spacial score (nSPS) is 15.8. The summed E-state index contributed by atoms with van der Waals surface area (Å²) in [5, 5.41) is -0.476. The van der Waals surface area contributed by atoms with Crippen LogP contribution in [0.1, 0.15) is 65.2 Å². The topological polar surface area (TPSA) is 52.6 Å². The van der Waals surface area contributed by atoms with E-state index in [9.17, 15) is 9.59 Å². The molecule has 8 heteroatoms. The lowest BCUT2D eigenvalue weighted by Crippen LogP contribution is -2.23. The van der Waals surface area contributed by atoms with Crippen LogP contribution in [0.25, 0.3) is 0 Å². The van der Waals surface area contributed by atoms with Gasteiger partial charge in [-0.2, -0.15) is 0 Å². The SMILES string of the molecule is CCCCC(I)C(Cl)CC(=O)OCCOC(=O)CC(Cl)C(I)CCCC. The van der Waals surface area contributed by atoms with Crippen LogP contribution in [0.5, 0.6) is 0 Å². The molecule has 0 rings (SSSR count). The second-order valence-electron chi connectivity index (χ2n) is 6.20. The summed E-state index contributed by atoms with van der Waals surface area (Å²) in [5.74, 6) is -0.720. The monoisotopic (exact) mass is 634 g/mol. The molecule has 0 spiro atoms. The van der Waals surface area contributed by atoms with Crippen LogP contribution in [0, 0.1) is 0 Å². The summed E-state index contributed by atoms with van der Waals surface area (Å²) in [7, 11) is 0. The molecule has 0 fully saturated rings. The maximum absolute atomic E-state index is 11.8. The van der Waals surface area contributed by atoms with Gasteiger partial charge >= 0.3 is 11.9 Å². The Morgan fingerprint density at radius 2 is 1.15 bits per heavy atom. The summed E-state index contributed by atoms with van der Waals surface area (Å²) in [4.78, 5) is 23.5. The lowest BCUT2D eigenvalue weighted by Gasteiger charge is -2.16. The maximum Gasteiger partial charge on any atom is 0.307 e. The van der Waals surface area contributed by atoms with E-state index >= 15 is 0 Å². The van der Waals surface area contributed by atoms with Crippen molar-refractivity contribution < 1.29 is 19.1 Å². The maximum atomic E-state index is 11.8. The summed E-state index contributed by atoms with van der Waals surface area (Å²) >= 11 is 17.0. The van der Waals surface area contributed by atoms with Crippen LogP contribution in [0.4, 0.5) is 0 Å². The molecule has 4 nitrogen and oxygen atoms in total. The molecular formula is C18H30Cl2I2O4. The summed E-state index contributed by atoms with van der Waals surface area (Å²) in [6.45, 7) is 4.34. The van der Waals surface area contributed by atoms with E-state index in [1.165, 1.54) is 0 Å². The average Bonchev–Trinajstić information content (AvgIpc) is 2.60. The molecule has 0 aliphatic carbocycles. The first-order valence-electron chi connectivity index (χ1n) is 9.19. The van der Waals surface area contributed by atoms with Gasteiger partial charge in [0, 0.05) is 7.85 Å². The number of esters is 2. The van der Waals surface area contributed by atoms with E-state index in [4.69, 9.17) is 32.7 Å². The van der Waals surface area contributed by atoms with Crippen molar-refractivity contribution in [2.24, 2.45) is 0 Å². The predicted molar refractivity (Wildman–Crippen MR) is 125 cm³/mol. The molecule has 0 aliphatic heterocycles. The zero-order valence-electron chi connectivity index (χ0n) is 15.5. The first kappa shape index (κ1) is 27.0. The number of ether oxygens (including phenoxy) is 2. The van der Waals surface area contributed by atoms with Crippen molar-refractivity contribution in [2.75, 3.05) is 13.2 Å². The molecule has 0 aromatic heterocycles. The van der Waals surface area contributed by atoms with Crippen LogP contribution in [-0.4, -0.2) is 43.8 Å². The van der Waals surface area contributed by atoms with Crippen LogP contribution in [0.2, 0.25) is 0 Å². The lowest BCUT2D eigenvalue weighted by molar-refractivity contribution is -0.152. The Balaban J connectivity index is 3.86. The van der Waals surface area contributed by atoms with E-state index in [2.05, 4.69) is 59.0 Å². The summed E-state index contributed by atoms with van der Waals surface area (Å²) in [6, 6.07) is 0. The van der Waals surface area contributed by atoms with E-state index < -0.39 is 0 Å². The van der Waals surface area contributed by atoms with E-state index in [-0.39, 0.29) is 56.6 Å². The number of alkyl halides is 4. The number of unbranched alkanes of at least 4 members (excludes halogenated alkanes) is 2. The third kappa shape index (κ3) is 14.0. The van der Waals surface area contributed by atoms with Crippen LogP contribution >= 0.6 is 68.4 Å². The molecule has 0 saturated carbocycles. The molecule has 0 aromatic carbocycles. The largest absolute Gasteiger partial charge is 0.462 e. The van der Waals surface area contributed by atoms with Crippen molar-refractivity contribution >= 4 is 80.3 Å². The average molecular weight is 635 g/mol. The minimum absolute atomic E-state index is 0.0471. The van der Waals surface area contributed by atoms with Gasteiger partial charge in [0.1, 0.15) is 13.2 Å². The van der Waals surface area contributed by atoms with Crippen LogP contribution < -0.4 is 0 Å². The summed E-state index contributed by atoms with van der Waals surface area (Å²) < 4.78 is 10.7. The number of rotatable bonds is 15. The van der Waals surface area contributed by atoms with Crippen molar-refractivity contribution in [1.29, 1.82) is 0 Å². The molecule has 0 bridgehead atoms. The van der Waals surface area contributed by atoms with Crippen LogP contribution in [0.3, 0.4) is 0 Å². The second-order valence-corrected chi connectivity index (χ2v) is 10.5. The highest BCUT2D eigenvalue weighted by Crippen LogP contribution is 2.23. The molecular weight excluding hydrogens is 605 g/mol. The molecule has 154 valence electrons. The standard InChI is InChI=1S/C18H30Cl2I2O4/c1-3-5-7-15(21)13(19)11-17(23)25-9-10-26-18(24)12-14(20)16(22)8-6-4-2/h13-16H,3-12H2,1-2H3. The minimum atomic E-state index is -0.360. The van der Waals surface area contributed by atoms with E-state index in [0.717, 1.165) is 38.5 Å². The molecule has 0 radical (unpaired) electrons. The van der Waals surface area contributed by atoms with Gasteiger partial charge < -0.3 is 9.47 Å². The Morgan fingerprint density at radius 3 is 1.46 bits per heavy atom. The van der Waals surface area contributed by atoms with Gasteiger partial charge in [0.05, 0.1) is 23.6 Å². The minimum Gasteiger partial charge on any atom is -0.462 e. The van der Waals surface area contributed by atoms with Crippen molar-refractivity contribution in [1.82, 2.24) is 0 Å². The number of carbonyl (C=O) groups excluding carboxylic acids is 2. The lowest BCUT2D eigenvalue weighted by atomic mass is 10.1. The fraction of sp³-hybridized carbons (Fsp3) is 0.889. The van der Waals surface area contributed by atoms with Gasteiger partial charge in [-0.3, -0.25) is 9.59 Å². The third-order valence-electron chi connectivity index (χ3n) is 3.78. The molecule has 4 atom stereocenters. The van der Waals surface area contributed by atoms with E-state index in [0.29, 0.717) is 0 Å². The van der Waals surface area contributed by atoms with Gasteiger partial charge in [0.25, 0.3) is 0 Å². The molecule has 0 saturated heterocycles. The summed E-state index contributed by atoms with van der Waals surface area (Å²) in [6.07, 6.45) is 6.74. The quantitative estimate of drug-likeness (QED) is 0.0952. The van der Waals surface area contributed by atoms with Gasteiger partial charge in [-0.25, -0.2) is 0 Å². The summed E-state index contributed by atoms with van der Waals surface area (Å²) in [5.41, 5.74) is 0. The molecule has 0 aromatic rings. The first-order valence-corrected chi connectivity index (χ1v) is 12.6. The number of halogens is 4. The molecule has 0 amide bonds. The Labute approximate surface area is 195 Å².